The van der Waals surface area contributed by atoms with Gasteiger partial charge in [0.15, 0.2) is 0 Å². The van der Waals surface area contributed by atoms with Gasteiger partial charge in [0.05, 0.1) is 10.7 Å². The molecule has 0 aliphatic carbocycles. The number of amides is 1. The van der Waals surface area contributed by atoms with Crippen molar-refractivity contribution >= 4 is 39.1 Å². The van der Waals surface area contributed by atoms with Gasteiger partial charge in [-0.05, 0) is 35.0 Å². The van der Waals surface area contributed by atoms with Crippen LogP contribution in [-0.2, 0) is 4.79 Å². The smallest absolute Gasteiger partial charge is 0.249 e. The molecule has 1 amide bonds. The molecule has 19 heavy (non-hydrogen) atoms. The van der Waals surface area contributed by atoms with Gasteiger partial charge < -0.3 is 5.32 Å². The minimum absolute atomic E-state index is 0.117. The zero-order valence-corrected chi connectivity index (χ0v) is 12.1. The van der Waals surface area contributed by atoms with E-state index in [-0.39, 0.29) is 10.9 Å². The first kappa shape index (κ1) is 14.0. The third kappa shape index (κ3) is 3.10. The van der Waals surface area contributed by atoms with E-state index in [4.69, 9.17) is 11.6 Å². The Kier molecular flexibility index (Phi) is 4.16. The van der Waals surface area contributed by atoms with Crippen LogP contribution in [0, 0.1) is 5.82 Å². The highest BCUT2D eigenvalue weighted by molar-refractivity contribution is 9.10. The van der Waals surface area contributed by atoms with Gasteiger partial charge in [0.25, 0.3) is 0 Å². The summed E-state index contributed by atoms with van der Waals surface area (Å²) in [5.41, 5.74) is 0.319. The molecule has 0 radical (unpaired) electrons. The Labute approximate surface area is 121 Å². The molecule has 0 spiro atoms. The van der Waals surface area contributed by atoms with Crippen molar-refractivity contribution in [3.8, 4) is 0 Å². The molecule has 1 aromatic carbocycles. The molecule has 0 saturated carbocycles. The number of benzene rings is 1. The molecule has 1 aromatic heterocycles. The average Bonchev–Trinajstić information content (AvgIpc) is 2.86. The van der Waals surface area contributed by atoms with Crippen LogP contribution >= 0.6 is 27.5 Å². The van der Waals surface area contributed by atoms with E-state index in [9.17, 15) is 9.18 Å². The highest BCUT2D eigenvalue weighted by Gasteiger charge is 2.18. The molecule has 0 unspecified atom stereocenters. The summed E-state index contributed by atoms with van der Waals surface area (Å²) >= 11 is 9.04. The van der Waals surface area contributed by atoms with E-state index in [1.807, 2.05) is 0 Å². The lowest BCUT2D eigenvalue weighted by atomic mass is 10.2. The maximum Gasteiger partial charge on any atom is 0.249 e. The van der Waals surface area contributed by atoms with E-state index in [1.165, 1.54) is 23.4 Å². The Hall–Kier alpha value is -1.47. The standard InChI is InChI=1S/C11H9BrClFN4O/c1-6(18-5-15-4-16-18)11(19)17-10-8(12)2-7(14)3-9(10)13/h2-6H,1H3,(H,17,19)/t6-/m0/s1. The van der Waals surface area contributed by atoms with Crippen molar-refractivity contribution in [2.45, 2.75) is 13.0 Å². The van der Waals surface area contributed by atoms with Gasteiger partial charge in [-0.2, -0.15) is 5.10 Å². The fourth-order valence-electron chi connectivity index (χ4n) is 1.43. The SMILES string of the molecule is C[C@@H](C(=O)Nc1c(Cl)cc(F)cc1Br)n1cncn1. The van der Waals surface area contributed by atoms with Crippen LogP contribution in [0.15, 0.2) is 29.3 Å². The summed E-state index contributed by atoms with van der Waals surface area (Å²) in [6.45, 7) is 1.66. The van der Waals surface area contributed by atoms with Crippen LogP contribution in [0.4, 0.5) is 10.1 Å². The summed E-state index contributed by atoms with van der Waals surface area (Å²) in [5, 5.41) is 6.62. The quantitative estimate of drug-likeness (QED) is 0.928. The van der Waals surface area contributed by atoms with Crippen molar-refractivity contribution in [2.24, 2.45) is 0 Å². The van der Waals surface area contributed by atoms with Crippen LogP contribution in [-0.4, -0.2) is 20.7 Å². The van der Waals surface area contributed by atoms with Crippen molar-refractivity contribution in [1.29, 1.82) is 0 Å². The maximum absolute atomic E-state index is 13.1. The molecular formula is C11H9BrClFN4O. The molecular weight excluding hydrogens is 339 g/mol. The lowest BCUT2D eigenvalue weighted by Crippen LogP contribution is -2.24. The average molecular weight is 348 g/mol. The summed E-state index contributed by atoms with van der Waals surface area (Å²) < 4.78 is 14.9. The first-order valence-electron chi connectivity index (χ1n) is 5.28. The first-order valence-corrected chi connectivity index (χ1v) is 6.45. The van der Waals surface area contributed by atoms with E-state index < -0.39 is 11.9 Å². The Balaban J connectivity index is 2.20. The van der Waals surface area contributed by atoms with Crippen LogP contribution in [0.1, 0.15) is 13.0 Å². The largest absolute Gasteiger partial charge is 0.322 e. The number of nitrogens with one attached hydrogen (secondary N) is 1. The second-order valence-electron chi connectivity index (χ2n) is 3.79. The van der Waals surface area contributed by atoms with Crippen molar-refractivity contribution in [2.75, 3.05) is 5.32 Å². The second kappa shape index (κ2) is 5.66. The molecule has 0 aliphatic heterocycles. The predicted octanol–water partition coefficient (Wildman–Crippen LogP) is 3.03. The number of anilines is 1. The highest BCUT2D eigenvalue weighted by Crippen LogP contribution is 2.32. The fourth-order valence-corrected chi connectivity index (χ4v) is 2.33. The van der Waals surface area contributed by atoms with Crippen LogP contribution in [0.2, 0.25) is 5.02 Å². The predicted molar refractivity (Wildman–Crippen MR) is 72.5 cm³/mol. The van der Waals surface area contributed by atoms with Crippen LogP contribution in [0.3, 0.4) is 0 Å². The van der Waals surface area contributed by atoms with E-state index in [2.05, 4.69) is 31.3 Å². The molecule has 2 aromatic rings. The Morgan fingerprint density at radius 2 is 2.32 bits per heavy atom. The van der Waals surface area contributed by atoms with Gasteiger partial charge in [0.1, 0.15) is 24.5 Å². The van der Waals surface area contributed by atoms with Crippen LogP contribution < -0.4 is 5.32 Å². The molecule has 0 saturated heterocycles. The topological polar surface area (TPSA) is 59.8 Å². The molecule has 1 heterocycles. The summed E-state index contributed by atoms with van der Waals surface area (Å²) in [6, 6.07) is 1.79. The minimum atomic E-state index is -0.560. The minimum Gasteiger partial charge on any atom is -0.322 e. The number of rotatable bonds is 3. The molecule has 8 heteroatoms. The zero-order chi connectivity index (χ0) is 14.0. The number of hydrogen-bond acceptors (Lipinski definition) is 3. The number of nitrogens with zero attached hydrogens (tertiary/aromatic N) is 3. The number of carbonyl (C=O) groups is 1. The van der Waals surface area contributed by atoms with Gasteiger partial charge in [-0.15, -0.1) is 0 Å². The van der Waals surface area contributed by atoms with Gasteiger partial charge in [-0.3, -0.25) is 4.79 Å². The molecule has 1 atom stereocenters. The number of aromatic nitrogens is 3. The van der Waals surface area contributed by atoms with Crippen molar-refractivity contribution in [1.82, 2.24) is 14.8 Å². The lowest BCUT2D eigenvalue weighted by Gasteiger charge is -2.14. The highest BCUT2D eigenvalue weighted by atomic mass is 79.9. The molecule has 5 nitrogen and oxygen atoms in total. The zero-order valence-electron chi connectivity index (χ0n) is 9.77. The number of carbonyl (C=O) groups excluding carboxylic acids is 1. The molecule has 0 bridgehead atoms. The summed E-state index contributed by atoms with van der Waals surface area (Å²) in [5.74, 6) is -0.820. The molecule has 100 valence electrons. The van der Waals surface area contributed by atoms with Crippen molar-refractivity contribution in [3.05, 3.63) is 40.1 Å². The summed E-state index contributed by atoms with van der Waals surface area (Å²) in [4.78, 5) is 15.8. The van der Waals surface area contributed by atoms with E-state index >= 15 is 0 Å². The second-order valence-corrected chi connectivity index (χ2v) is 5.05. The molecule has 0 aliphatic rings. The number of hydrogen-bond donors (Lipinski definition) is 1. The molecule has 1 N–H and O–H groups in total. The lowest BCUT2D eigenvalue weighted by molar-refractivity contribution is -0.119. The Bertz CT molecular complexity index is 582. The van der Waals surface area contributed by atoms with Crippen molar-refractivity contribution < 1.29 is 9.18 Å². The number of halogens is 3. The summed E-state index contributed by atoms with van der Waals surface area (Å²) in [6.07, 6.45) is 2.77. The monoisotopic (exact) mass is 346 g/mol. The van der Waals surface area contributed by atoms with Crippen LogP contribution in [0.25, 0.3) is 0 Å². The Morgan fingerprint density at radius 3 is 2.89 bits per heavy atom. The van der Waals surface area contributed by atoms with Gasteiger partial charge in [0, 0.05) is 4.47 Å². The fraction of sp³-hybridized carbons (Fsp3) is 0.182. The third-order valence-electron chi connectivity index (χ3n) is 2.47. The van der Waals surface area contributed by atoms with Crippen molar-refractivity contribution in [3.63, 3.8) is 0 Å². The van der Waals surface area contributed by atoms with E-state index in [1.54, 1.807) is 6.92 Å². The van der Waals surface area contributed by atoms with Crippen LogP contribution in [0.5, 0.6) is 0 Å². The third-order valence-corrected chi connectivity index (χ3v) is 3.39. The first-order chi connectivity index (χ1) is 8.99. The van der Waals surface area contributed by atoms with E-state index in [0.717, 1.165) is 6.07 Å². The molecule has 2 rings (SSSR count). The Morgan fingerprint density at radius 1 is 1.58 bits per heavy atom. The molecule has 0 fully saturated rings. The van der Waals surface area contributed by atoms with Gasteiger partial charge in [0.2, 0.25) is 5.91 Å². The maximum atomic E-state index is 13.1. The summed E-state index contributed by atoms with van der Waals surface area (Å²) in [7, 11) is 0. The van der Waals surface area contributed by atoms with E-state index in [0.29, 0.717) is 10.2 Å². The van der Waals surface area contributed by atoms with Gasteiger partial charge in [-0.25, -0.2) is 14.1 Å². The van der Waals surface area contributed by atoms with Gasteiger partial charge in [-0.1, -0.05) is 11.6 Å². The normalized spacial score (nSPS) is 12.2. The van der Waals surface area contributed by atoms with Gasteiger partial charge >= 0.3 is 0 Å².